The average molecular weight is 377 g/mol. The third kappa shape index (κ3) is 3.57. The van der Waals surface area contributed by atoms with Crippen molar-refractivity contribution in [1.82, 2.24) is 4.98 Å². The van der Waals surface area contributed by atoms with E-state index in [4.69, 9.17) is 32.7 Å². The topological polar surface area (TPSA) is 31.4 Å². The van der Waals surface area contributed by atoms with Crippen molar-refractivity contribution in [3.63, 3.8) is 0 Å². The third-order valence-corrected chi connectivity index (χ3v) is 3.85. The van der Waals surface area contributed by atoms with E-state index in [2.05, 4.69) is 20.9 Å². The number of pyridine rings is 1. The Morgan fingerprint density at radius 1 is 1.25 bits per heavy atom. The molecule has 20 heavy (non-hydrogen) atoms. The number of alkyl halides is 1. The highest BCUT2D eigenvalue weighted by molar-refractivity contribution is 9.08. The molecule has 0 atom stereocenters. The molecule has 1 aromatic carbocycles. The zero-order valence-electron chi connectivity index (χ0n) is 10.7. The number of nitrogens with zero attached hydrogens (tertiary/aromatic N) is 1. The number of hydrogen-bond donors (Lipinski definition) is 0. The maximum absolute atomic E-state index is 6.06. The minimum Gasteiger partial charge on any atom is -0.493 e. The molecule has 0 aliphatic heterocycles. The molecule has 2 aromatic rings. The summed E-state index contributed by atoms with van der Waals surface area (Å²) in [6, 6.07) is 5.37. The normalized spacial score (nSPS) is 10.4. The summed E-state index contributed by atoms with van der Waals surface area (Å²) in [5, 5.41) is 1.79. The lowest BCUT2D eigenvalue weighted by atomic mass is 10.2. The van der Waals surface area contributed by atoms with Crippen LogP contribution >= 0.6 is 39.1 Å². The largest absolute Gasteiger partial charge is 0.493 e. The van der Waals surface area contributed by atoms with Crippen LogP contribution in [0.5, 0.6) is 11.5 Å². The average Bonchev–Trinajstić information content (AvgIpc) is 2.46. The van der Waals surface area contributed by atoms with Crippen molar-refractivity contribution in [3.05, 3.63) is 51.8 Å². The lowest BCUT2D eigenvalue weighted by Crippen LogP contribution is -2.01. The van der Waals surface area contributed by atoms with Gasteiger partial charge in [0.05, 0.1) is 12.1 Å². The standard InChI is InChI=1S/C14H12BrCl2NO2/c1-19-13-5-11(16)4-10(6-15)14(13)20-8-9-2-3-18-7-12(9)17/h2-5,7H,6,8H2,1H3. The number of benzene rings is 1. The molecule has 1 heterocycles. The number of rotatable bonds is 5. The van der Waals surface area contributed by atoms with E-state index >= 15 is 0 Å². The second kappa shape index (κ2) is 7.16. The predicted molar refractivity (Wildman–Crippen MR) is 84.2 cm³/mol. The van der Waals surface area contributed by atoms with Crippen molar-refractivity contribution in [3.8, 4) is 11.5 Å². The summed E-state index contributed by atoms with van der Waals surface area (Å²) in [4.78, 5) is 3.94. The molecular formula is C14H12BrCl2NO2. The minimum atomic E-state index is 0.333. The number of aromatic nitrogens is 1. The van der Waals surface area contributed by atoms with E-state index < -0.39 is 0 Å². The second-order valence-electron chi connectivity index (χ2n) is 3.99. The summed E-state index contributed by atoms with van der Waals surface area (Å²) >= 11 is 15.5. The van der Waals surface area contributed by atoms with Gasteiger partial charge in [-0.2, -0.15) is 0 Å². The Hall–Kier alpha value is -0.970. The van der Waals surface area contributed by atoms with Crippen LogP contribution in [0.3, 0.4) is 0 Å². The highest BCUT2D eigenvalue weighted by Gasteiger charge is 2.13. The summed E-state index contributed by atoms with van der Waals surface area (Å²) in [5.74, 6) is 1.25. The van der Waals surface area contributed by atoms with E-state index in [9.17, 15) is 0 Å². The maximum atomic E-state index is 6.06. The Morgan fingerprint density at radius 2 is 2.05 bits per heavy atom. The molecule has 0 N–H and O–H groups in total. The van der Waals surface area contributed by atoms with Gasteiger partial charge in [-0.3, -0.25) is 4.98 Å². The molecule has 0 radical (unpaired) electrons. The first-order valence-corrected chi connectivity index (χ1v) is 7.67. The first kappa shape index (κ1) is 15.4. The Kier molecular flexibility index (Phi) is 5.52. The van der Waals surface area contributed by atoms with Crippen molar-refractivity contribution in [2.24, 2.45) is 0 Å². The highest BCUT2D eigenvalue weighted by Crippen LogP contribution is 2.36. The molecule has 0 fully saturated rings. The van der Waals surface area contributed by atoms with Crippen LogP contribution in [0.2, 0.25) is 10.0 Å². The van der Waals surface area contributed by atoms with E-state index in [0.29, 0.717) is 33.5 Å². The molecule has 0 bridgehead atoms. The molecule has 0 spiro atoms. The van der Waals surface area contributed by atoms with Crippen molar-refractivity contribution in [2.45, 2.75) is 11.9 Å². The van der Waals surface area contributed by atoms with Gasteiger partial charge in [-0.05, 0) is 12.1 Å². The van der Waals surface area contributed by atoms with Crippen LogP contribution in [0.1, 0.15) is 11.1 Å². The van der Waals surface area contributed by atoms with Gasteiger partial charge in [0.15, 0.2) is 11.5 Å². The van der Waals surface area contributed by atoms with Gasteiger partial charge in [0, 0.05) is 39.9 Å². The Balaban J connectivity index is 2.27. The van der Waals surface area contributed by atoms with Gasteiger partial charge in [-0.25, -0.2) is 0 Å². The van der Waals surface area contributed by atoms with Gasteiger partial charge in [-0.15, -0.1) is 0 Å². The molecule has 3 nitrogen and oxygen atoms in total. The van der Waals surface area contributed by atoms with Crippen LogP contribution in [0.15, 0.2) is 30.6 Å². The molecule has 0 unspecified atom stereocenters. The fourth-order valence-corrected chi connectivity index (χ4v) is 2.53. The van der Waals surface area contributed by atoms with Crippen LogP contribution in [0.25, 0.3) is 0 Å². The van der Waals surface area contributed by atoms with Crippen molar-refractivity contribution in [2.75, 3.05) is 7.11 Å². The van der Waals surface area contributed by atoms with Gasteiger partial charge < -0.3 is 9.47 Å². The van der Waals surface area contributed by atoms with Gasteiger partial charge in [0.1, 0.15) is 6.61 Å². The fraction of sp³-hybridized carbons (Fsp3) is 0.214. The molecule has 0 saturated carbocycles. The molecule has 6 heteroatoms. The lowest BCUT2D eigenvalue weighted by molar-refractivity contribution is 0.282. The number of methoxy groups -OCH3 is 1. The summed E-state index contributed by atoms with van der Waals surface area (Å²) in [5.41, 5.74) is 1.78. The zero-order valence-corrected chi connectivity index (χ0v) is 13.8. The summed E-state index contributed by atoms with van der Waals surface area (Å²) in [6.07, 6.45) is 3.26. The van der Waals surface area contributed by atoms with Gasteiger partial charge in [-0.1, -0.05) is 39.1 Å². The zero-order chi connectivity index (χ0) is 14.5. The van der Waals surface area contributed by atoms with E-state index in [1.807, 2.05) is 12.1 Å². The molecule has 106 valence electrons. The fourth-order valence-electron chi connectivity index (χ4n) is 1.71. The predicted octanol–water partition coefficient (Wildman–Crippen LogP) is 4.87. The van der Waals surface area contributed by atoms with E-state index in [1.165, 1.54) is 0 Å². The number of ether oxygens (including phenoxy) is 2. The Bertz CT molecular complexity index is 582. The molecule has 0 aliphatic rings. The number of halogens is 3. The van der Waals surface area contributed by atoms with E-state index in [0.717, 1.165) is 11.1 Å². The Morgan fingerprint density at radius 3 is 2.70 bits per heavy atom. The van der Waals surface area contributed by atoms with Crippen LogP contribution in [-0.2, 0) is 11.9 Å². The quantitative estimate of drug-likeness (QED) is 0.697. The molecular weight excluding hydrogens is 365 g/mol. The second-order valence-corrected chi connectivity index (χ2v) is 5.39. The number of hydrogen-bond acceptors (Lipinski definition) is 3. The monoisotopic (exact) mass is 375 g/mol. The molecule has 2 rings (SSSR count). The van der Waals surface area contributed by atoms with E-state index in [-0.39, 0.29) is 0 Å². The van der Waals surface area contributed by atoms with Crippen LogP contribution in [0.4, 0.5) is 0 Å². The SMILES string of the molecule is COc1cc(Cl)cc(CBr)c1OCc1ccncc1Cl. The first-order valence-electron chi connectivity index (χ1n) is 5.79. The minimum absolute atomic E-state index is 0.333. The highest BCUT2D eigenvalue weighted by atomic mass is 79.9. The van der Waals surface area contributed by atoms with E-state index in [1.54, 1.807) is 25.6 Å². The molecule has 0 amide bonds. The Labute approximate surface area is 136 Å². The van der Waals surface area contributed by atoms with Crippen LogP contribution < -0.4 is 9.47 Å². The van der Waals surface area contributed by atoms with Gasteiger partial charge in [0.2, 0.25) is 0 Å². The molecule has 1 aromatic heterocycles. The van der Waals surface area contributed by atoms with Crippen molar-refractivity contribution < 1.29 is 9.47 Å². The smallest absolute Gasteiger partial charge is 0.165 e. The van der Waals surface area contributed by atoms with Crippen molar-refractivity contribution >= 4 is 39.1 Å². The maximum Gasteiger partial charge on any atom is 0.165 e. The summed E-state index contributed by atoms with van der Waals surface area (Å²) < 4.78 is 11.2. The summed E-state index contributed by atoms with van der Waals surface area (Å²) in [6.45, 7) is 0.333. The van der Waals surface area contributed by atoms with Gasteiger partial charge >= 0.3 is 0 Å². The summed E-state index contributed by atoms with van der Waals surface area (Å²) in [7, 11) is 1.58. The first-order chi connectivity index (χ1) is 9.65. The third-order valence-electron chi connectivity index (χ3n) is 2.69. The van der Waals surface area contributed by atoms with Gasteiger partial charge in [0.25, 0.3) is 0 Å². The molecule has 0 saturated heterocycles. The van der Waals surface area contributed by atoms with Crippen LogP contribution in [-0.4, -0.2) is 12.1 Å². The van der Waals surface area contributed by atoms with Crippen LogP contribution in [0, 0.1) is 0 Å². The molecule has 0 aliphatic carbocycles. The lowest BCUT2D eigenvalue weighted by Gasteiger charge is -2.15. The van der Waals surface area contributed by atoms with Crippen molar-refractivity contribution in [1.29, 1.82) is 0 Å².